The number of carbonyl (C=O) groups excluding carboxylic acids is 1. The van der Waals surface area contributed by atoms with Crippen LogP contribution in [0.1, 0.15) is 24.6 Å². The van der Waals surface area contributed by atoms with Crippen LogP contribution in [0, 0.1) is 11.3 Å². The number of carbonyl (C=O) groups is 1. The predicted molar refractivity (Wildman–Crippen MR) is 198 cm³/mol. The van der Waals surface area contributed by atoms with Crippen LogP contribution in [-0.4, -0.2) is 111 Å². The van der Waals surface area contributed by atoms with Crippen molar-refractivity contribution < 1.29 is 23.7 Å². The molecular formula is C35H57N7O5Si2. The number of anilines is 1. The molecule has 3 aliphatic rings. The minimum absolute atomic E-state index is 0.0338. The van der Waals surface area contributed by atoms with E-state index in [2.05, 4.69) is 60.4 Å². The fraction of sp³-hybridized carbons (Fsp3) is 0.714. The average Bonchev–Trinajstić information content (AvgIpc) is 3.41. The summed E-state index contributed by atoms with van der Waals surface area (Å²) < 4.78 is 28.1. The molecule has 2 atom stereocenters. The van der Waals surface area contributed by atoms with E-state index in [1.807, 2.05) is 6.07 Å². The van der Waals surface area contributed by atoms with Gasteiger partial charge in [-0.15, -0.1) is 0 Å². The zero-order valence-electron chi connectivity index (χ0n) is 31.2. The van der Waals surface area contributed by atoms with E-state index in [0.717, 1.165) is 61.7 Å². The van der Waals surface area contributed by atoms with Gasteiger partial charge >= 0.3 is 0 Å². The number of nitrogens with zero attached hydrogens (tertiary/aromatic N) is 7. The normalized spacial score (nSPS) is 21.1. The van der Waals surface area contributed by atoms with Gasteiger partial charge in [0.2, 0.25) is 11.8 Å². The van der Waals surface area contributed by atoms with Crippen molar-refractivity contribution in [2.75, 3.05) is 65.1 Å². The van der Waals surface area contributed by atoms with Gasteiger partial charge < -0.3 is 23.8 Å². The maximum absolute atomic E-state index is 13.5. The van der Waals surface area contributed by atoms with Gasteiger partial charge in [0.15, 0.2) is 11.5 Å². The van der Waals surface area contributed by atoms with Crippen LogP contribution in [0.3, 0.4) is 0 Å². The summed E-state index contributed by atoms with van der Waals surface area (Å²) in [4.78, 5) is 27.3. The van der Waals surface area contributed by atoms with Crippen LogP contribution in [0.25, 0.3) is 22.7 Å². The summed E-state index contributed by atoms with van der Waals surface area (Å²) in [6.07, 6.45) is 3.22. The monoisotopic (exact) mass is 711 g/mol. The van der Waals surface area contributed by atoms with Gasteiger partial charge in [-0.1, -0.05) is 46.2 Å². The molecule has 4 heterocycles. The number of aromatic nitrogens is 5. The van der Waals surface area contributed by atoms with Gasteiger partial charge in [0.25, 0.3) is 0 Å². The Balaban J connectivity index is 1.38. The third-order valence-electron chi connectivity index (χ3n) is 10.4. The summed E-state index contributed by atoms with van der Waals surface area (Å²) in [5, 5.41) is 5.23. The molecule has 0 N–H and O–H groups in total. The molecule has 0 radical (unpaired) electrons. The van der Waals surface area contributed by atoms with Crippen LogP contribution >= 0.6 is 0 Å². The lowest BCUT2D eigenvalue weighted by molar-refractivity contribution is -0.120. The molecular weight excluding hydrogens is 655 g/mol. The minimum Gasteiger partial charge on any atom is -0.479 e. The SMILES string of the molecule is COc1nc2nc(-c3nn(COCC[Si](C)(C)C)c4c3C[C@@H]3C[C@]3(C)C4)n(COCC[Si](C)(C)C)c2cc1N(C)C(=O)CN1CCOCC1. The number of morpholine rings is 1. The predicted octanol–water partition coefficient (Wildman–Crippen LogP) is 5.35. The van der Waals surface area contributed by atoms with E-state index in [1.54, 1.807) is 19.1 Å². The first kappa shape index (κ1) is 36.2. The van der Waals surface area contributed by atoms with Gasteiger partial charge in [-0.25, -0.2) is 9.67 Å². The molecule has 6 rings (SSSR count). The number of pyridine rings is 1. The number of rotatable bonds is 15. The summed E-state index contributed by atoms with van der Waals surface area (Å²) >= 11 is 0. The van der Waals surface area contributed by atoms with Crippen molar-refractivity contribution in [3.05, 3.63) is 17.3 Å². The topological polar surface area (TPSA) is 109 Å². The van der Waals surface area contributed by atoms with Crippen LogP contribution in [0.4, 0.5) is 5.69 Å². The molecule has 1 aliphatic heterocycles. The van der Waals surface area contributed by atoms with E-state index < -0.39 is 16.1 Å². The van der Waals surface area contributed by atoms with Crippen LogP contribution in [0.5, 0.6) is 5.88 Å². The first-order valence-electron chi connectivity index (χ1n) is 17.9. The Morgan fingerprint density at radius 3 is 2.37 bits per heavy atom. The summed E-state index contributed by atoms with van der Waals surface area (Å²) in [5.74, 6) is 1.72. The van der Waals surface area contributed by atoms with Crippen LogP contribution in [-0.2, 0) is 45.3 Å². The Morgan fingerprint density at radius 1 is 1.04 bits per heavy atom. The third kappa shape index (κ3) is 8.31. The van der Waals surface area contributed by atoms with Gasteiger partial charge in [0, 0.05) is 60.8 Å². The molecule has 270 valence electrons. The molecule has 2 aliphatic carbocycles. The minimum atomic E-state index is -1.29. The number of fused-ring (bicyclic) bond motifs is 3. The first-order valence-corrected chi connectivity index (χ1v) is 25.3. The Kier molecular flexibility index (Phi) is 10.5. The number of ether oxygens (including phenoxy) is 4. The molecule has 12 nitrogen and oxygen atoms in total. The zero-order valence-corrected chi connectivity index (χ0v) is 33.2. The number of imidazole rings is 1. The maximum Gasteiger partial charge on any atom is 0.241 e. The number of methoxy groups -OCH3 is 1. The summed E-state index contributed by atoms with van der Waals surface area (Å²) in [6.45, 7) is 21.8. The quantitative estimate of drug-likeness (QED) is 0.152. The van der Waals surface area contributed by atoms with Crippen molar-refractivity contribution in [3.8, 4) is 17.4 Å². The average molecular weight is 712 g/mol. The zero-order chi connectivity index (χ0) is 35.1. The van der Waals surface area contributed by atoms with Crippen molar-refractivity contribution in [2.45, 2.75) is 91.0 Å². The van der Waals surface area contributed by atoms with Gasteiger partial charge in [0.1, 0.15) is 24.8 Å². The smallest absolute Gasteiger partial charge is 0.241 e. The standard InChI is InChI=1S/C35H57N7O5Si2/c1-35-20-25(35)18-26-29(21-35)42(24-47-15-17-49(7,8)9)38-31(26)33-36-32-27(41(33)23-46-14-16-48(4,5)6)19-28(34(37-32)44-3)39(2)30(43)22-40-10-12-45-13-11-40/h19,25H,10-18,20-24H2,1-9H3/t25-,35-/m1/s1. The lowest BCUT2D eigenvalue weighted by Gasteiger charge is -2.28. The summed E-state index contributed by atoms with van der Waals surface area (Å²) in [7, 11) is 0.866. The molecule has 2 fully saturated rings. The summed E-state index contributed by atoms with van der Waals surface area (Å²) in [5.41, 5.74) is 5.66. The molecule has 49 heavy (non-hydrogen) atoms. The molecule has 0 unspecified atom stereocenters. The van der Waals surface area contributed by atoms with Crippen molar-refractivity contribution >= 4 is 38.9 Å². The summed E-state index contributed by atoms with van der Waals surface area (Å²) in [6, 6.07) is 4.15. The van der Waals surface area contributed by atoms with Crippen LogP contribution in [0.15, 0.2) is 6.07 Å². The highest BCUT2D eigenvalue weighted by molar-refractivity contribution is 6.76. The van der Waals surface area contributed by atoms with Crippen molar-refractivity contribution in [1.29, 1.82) is 0 Å². The second-order valence-electron chi connectivity index (χ2n) is 17.0. The molecule has 3 aromatic heterocycles. The van der Waals surface area contributed by atoms with E-state index >= 15 is 0 Å². The molecule has 1 amide bonds. The van der Waals surface area contributed by atoms with E-state index in [1.165, 1.54) is 17.7 Å². The van der Waals surface area contributed by atoms with Crippen molar-refractivity contribution in [2.24, 2.45) is 11.3 Å². The van der Waals surface area contributed by atoms with Gasteiger partial charge in [-0.2, -0.15) is 10.1 Å². The second-order valence-corrected chi connectivity index (χ2v) is 28.2. The van der Waals surface area contributed by atoms with Gasteiger partial charge in [-0.3, -0.25) is 14.3 Å². The third-order valence-corrected chi connectivity index (χ3v) is 13.9. The second kappa shape index (κ2) is 14.2. The van der Waals surface area contributed by atoms with E-state index in [0.29, 0.717) is 68.4 Å². The maximum atomic E-state index is 13.5. The highest BCUT2D eigenvalue weighted by Crippen LogP contribution is 2.60. The van der Waals surface area contributed by atoms with Crippen molar-refractivity contribution in [1.82, 2.24) is 29.2 Å². The Hall–Kier alpha value is -2.63. The van der Waals surface area contributed by atoms with E-state index in [9.17, 15) is 4.79 Å². The lowest BCUT2D eigenvalue weighted by atomic mass is 9.87. The Labute approximate surface area is 293 Å². The van der Waals surface area contributed by atoms with E-state index in [4.69, 9.17) is 34.0 Å². The number of hydrogen-bond donors (Lipinski definition) is 0. The van der Waals surface area contributed by atoms with Crippen LogP contribution in [0.2, 0.25) is 51.4 Å². The number of likely N-dealkylation sites (N-methyl/N-ethyl adjacent to an activating group) is 1. The molecule has 0 bridgehead atoms. The lowest BCUT2D eigenvalue weighted by Crippen LogP contribution is -2.43. The number of hydrogen-bond acceptors (Lipinski definition) is 9. The highest BCUT2D eigenvalue weighted by Gasteiger charge is 2.54. The molecule has 14 heteroatoms. The van der Waals surface area contributed by atoms with Crippen LogP contribution < -0.4 is 9.64 Å². The van der Waals surface area contributed by atoms with E-state index in [-0.39, 0.29) is 5.91 Å². The molecule has 0 spiro atoms. The number of amides is 1. The molecule has 1 saturated heterocycles. The Morgan fingerprint density at radius 2 is 1.71 bits per heavy atom. The fourth-order valence-electron chi connectivity index (χ4n) is 6.88. The largest absolute Gasteiger partial charge is 0.479 e. The highest BCUT2D eigenvalue weighted by atomic mass is 28.3. The Bertz CT molecular complexity index is 1660. The van der Waals surface area contributed by atoms with Gasteiger partial charge in [0.05, 0.1) is 32.4 Å². The molecule has 0 aromatic carbocycles. The van der Waals surface area contributed by atoms with Crippen molar-refractivity contribution in [3.63, 3.8) is 0 Å². The fourth-order valence-corrected chi connectivity index (χ4v) is 8.39. The molecule has 3 aromatic rings. The van der Waals surface area contributed by atoms with Gasteiger partial charge in [-0.05, 0) is 48.7 Å². The first-order chi connectivity index (χ1) is 23.2. The molecule has 1 saturated carbocycles.